The molecule has 2 N–H and O–H groups in total. The number of non-ortho nitro benzene ring substituents is 1. The first-order valence-electron chi connectivity index (χ1n) is 9.75. The third-order valence-electron chi connectivity index (χ3n) is 4.29. The summed E-state index contributed by atoms with van der Waals surface area (Å²) in [7, 11) is 0. The van der Waals surface area contributed by atoms with Crippen LogP contribution in [0.15, 0.2) is 58.7 Å². The molecule has 2 aromatic carbocycles. The van der Waals surface area contributed by atoms with Gasteiger partial charge in [-0.05, 0) is 48.9 Å². The minimum absolute atomic E-state index is 0.0341. The summed E-state index contributed by atoms with van der Waals surface area (Å²) in [4.78, 5) is 46.3. The molecule has 0 aliphatic carbocycles. The number of hydrogen-bond donors (Lipinski definition) is 2. The molecule has 11 nitrogen and oxygen atoms in total. The fourth-order valence-electron chi connectivity index (χ4n) is 2.70. The molecule has 3 rings (SSSR count). The highest BCUT2D eigenvalue weighted by molar-refractivity contribution is 8.15. The Kier molecular flexibility index (Phi) is 7.86. The molecular formula is C21H19N5O6S. The number of esters is 1. The average Bonchev–Trinajstić information content (AvgIpc) is 3.13. The maximum Gasteiger partial charge on any atom is 0.338 e. The fourth-order valence-corrected chi connectivity index (χ4v) is 3.63. The van der Waals surface area contributed by atoms with Crippen LogP contribution in [0.25, 0.3) is 0 Å². The number of nitrogens with one attached hydrogen (secondary N) is 2. The second-order valence-corrected chi connectivity index (χ2v) is 7.84. The van der Waals surface area contributed by atoms with Gasteiger partial charge in [-0.15, -0.1) is 5.10 Å². The molecule has 1 heterocycles. The van der Waals surface area contributed by atoms with Gasteiger partial charge in [0.2, 0.25) is 11.8 Å². The van der Waals surface area contributed by atoms with Crippen LogP contribution in [0, 0.1) is 10.1 Å². The van der Waals surface area contributed by atoms with Crippen LogP contribution in [0.3, 0.4) is 0 Å². The van der Waals surface area contributed by atoms with Crippen molar-refractivity contribution in [2.75, 3.05) is 11.9 Å². The van der Waals surface area contributed by atoms with Gasteiger partial charge in [0, 0.05) is 24.2 Å². The van der Waals surface area contributed by atoms with Crippen LogP contribution < -0.4 is 10.6 Å². The lowest BCUT2D eigenvalue weighted by Gasteiger charge is -2.08. The number of nitrogens with zero attached hydrogens (tertiary/aromatic N) is 3. The summed E-state index contributed by atoms with van der Waals surface area (Å²) in [6.07, 6.45) is 1.31. The van der Waals surface area contributed by atoms with E-state index >= 15 is 0 Å². The van der Waals surface area contributed by atoms with Crippen molar-refractivity contribution in [1.29, 1.82) is 0 Å². The third-order valence-corrected chi connectivity index (χ3v) is 5.36. The number of amidine groups is 1. The maximum atomic E-state index is 12.3. The van der Waals surface area contributed by atoms with E-state index in [1.807, 2.05) is 0 Å². The minimum atomic E-state index is -0.669. The first-order chi connectivity index (χ1) is 15.9. The zero-order chi connectivity index (χ0) is 23.8. The van der Waals surface area contributed by atoms with Crippen LogP contribution >= 0.6 is 11.8 Å². The molecule has 1 aliphatic rings. The van der Waals surface area contributed by atoms with E-state index < -0.39 is 16.1 Å². The van der Waals surface area contributed by atoms with Crippen molar-refractivity contribution < 1.29 is 24.0 Å². The summed E-state index contributed by atoms with van der Waals surface area (Å²) in [5.74, 6) is -1.18. The summed E-state index contributed by atoms with van der Waals surface area (Å²) in [6, 6.07) is 12.0. The lowest BCUT2D eigenvalue weighted by molar-refractivity contribution is -0.384. The van der Waals surface area contributed by atoms with Gasteiger partial charge in [-0.1, -0.05) is 11.8 Å². The molecule has 33 heavy (non-hydrogen) atoms. The highest BCUT2D eigenvalue weighted by Crippen LogP contribution is 2.23. The Morgan fingerprint density at radius 3 is 2.55 bits per heavy atom. The summed E-state index contributed by atoms with van der Waals surface area (Å²) < 4.78 is 4.91. The van der Waals surface area contributed by atoms with Crippen LogP contribution in [-0.4, -0.2) is 45.9 Å². The van der Waals surface area contributed by atoms with Gasteiger partial charge in [0.25, 0.3) is 5.69 Å². The van der Waals surface area contributed by atoms with Crippen molar-refractivity contribution in [3.05, 3.63) is 69.8 Å². The number of thioether (sulfide) groups is 1. The van der Waals surface area contributed by atoms with Gasteiger partial charge in [0.1, 0.15) is 5.25 Å². The molecule has 12 heteroatoms. The fraction of sp³-hybridized carbons (Fsp3) is 0.190. The van der Waals surface area contributed by atoms with Gasteiger partial charge in [0.05, 0.1) is 23.3 Å². The van der Waals surface area contributed by atoms with E-state index in [9.17, 15) is 24.5 Å². The van der Waals surface area contributed by atoms with Crippen LogP contribution in [0.1, 0.15) is 29.3 Å². The molecule has 1 fully saturated rings. The molecule has 1 unspecified atom stereocenters. The molecule has 1 atom stereocenters. The Bertz CT molecular complexity index is 1110. The monoisotopic (exact) mass is 469 g/mol. The Morgan fingerprint density at radius 2 is 1.91 bits per heavy atom. The Balaban J connectivity index is 1.51. The molecule has 0 spiro atoms. The van der Waals surface area contributed by atoms with Crippen LogP contribution in [-0.2, 0) is 14.3 Å². The maximum absolute atomic E-state index is 12.3. The zero-order valence-electron chi connectivity index (χ0n) is 17.4. The summed E-state index contributed by atoms with van der Waals surface area (Å²) in [5, 5.41) is 23.3. The SMILES string of the molecule is CCOC(=O)c1ccc(NC(=O)CC2S/C(=N/N=C/c3ccc([N+](=O)[O-])cc3)NC2=O)cc1. The molecule has 1 saturated heterocycles. The number of nitro benzene ring substituents is 1. The van der Waals surface area contributed by atoms with Crippen LogP contribution in [0.2, 0.25) is 0 Å². The van der Waals surface area contributed by atoms with E-state index in [1.165, 1.54) is 30.5 Å². The number of ether oxygens (including phenoxy) is 1. The Morgan fingerprint density at radius 1 is 1.21 bits per heavy atom. The molecule has 2 aromatic rings. The van der Waals surface area contributed by atoms with Gasteiger partial charge in [-0.3, -0.25) is 19.7 Å². The lowest BCUT2D eigenvalue weighted by Crippen LogP contribution is -2.28. The van der Waals surface area contributed by atoms with E-state index in [0.29, 0.717) is 16.8 Å². The topological polar surface area (TPSA) is 152 Å². The van der Waals surface area contributed by atoms with E-state index in [1.54, 1.807) is 31.2 Å². The predicted molar refractivity (Wildman–Crippen MR) is 123 cm³/mol. The first kappa shape index (κ1) is 23.6. The largest absolute Gasteiger partial charge is 0.462 e. The van der Waals surface area contributed by atoms with E-state index in [4.69, 9.17) is 4.74 Å². The number of benzene rings is 2. The molecule has 1 aliphatic heterocycles. The zero-order valence-corrected chi connectivity index (χ0v) is 18.2. The van der Waals surface area contributed by atoms with Gasteiger partial charge in [-0.2, -0.15) is 5.10 Å². The standard InChI is InChI=1S/C21H19N5O6S/c1-2-32-20(29)14-5-7-15(8-6-14)23-18(27)11-17-19(28)24-21(33-17)25-22-12-13-3-9-16(10-4-13)26(30)31/h3-10,12,17H,2,11H2,1H3,(H,23,27)(H,24,25,28)/b22-12+. The first-order valence-corrected chi connectivity index (χ1v) is 10.6. The predicted octanol–water partition coefficient (Wildman–Crippen LogP) is 2.72. The smallest absolute Gasteiger partial charge is 0.338 e. The quantitative estimate of drug-likeness (QED) is 0.261. The molecule has 2 amide bonds. The number of hydrogen-bond acceptors (Lipinski definition) is 9. The summed E-state index contributed by atoms with van der Waals surface area (Å²) >= 11 is 1.08. The van der Waals surface area contributed by atoms with Crippen molar-refractivity contribution in [2.45, 2.75) is 18.6 Å². The van der Waals surface area contributed by atoms with Gasteiger partial charge in [-0.25, -0.2) is 4.79 Å². The summed E-state index contributed by atoms with van der Waals surface area (Å²) in [6.45, 7) is 1.98. The third kappa shape index (κ3) is 6.71. The van der Waals surface area contributed by atoms with Crippen molar-refractivity contribution in [3.63, 3.8) is 0 Å². The number of amides is 2. The van der Waals surface area contributed by atoms with Gasteiger partial charge in [0.15, 0.2) is 5.17 Å². The summed E-state index contributed by atoms with van der Waals surface area (Å²) in [5.41, 5.74) is 1.42. The molecule has 0 radical (unpaired) electrons. The molecule has 0 saturated carbocycles. The van der Waals surface area contributed by atoms with Crippen molar-refractivity contribution in [1.82, 2.24) is 5.32 Å². The van der Waals surface area contributed by atoms with Gasteiger partial charge >= 0.3 is 5.97 Å². The van der Waals surface area contributed by atoms with E-state index in [-0.39, 0.29) is 35.7 Å². The number of rotatable bonds is 8. The number of carbonyl (C=O) groups is 3. The van der Waals surface area contributed by atoms with Gasteiger partial charge < -0.3 is 15.4 Å². The second-order valence-electron chi connectivity index (χ2n) is 6.64. The van der Waals surface area contributed by atoms with Crippen LogP contribution in [0.4, 0.5) is 11.4 Å². The van der Waals surface area contributed by atoms with E-state index in [2.05, 4.69) is 20.8 Å². The lowest BCUT2D eigenvalue weighted by atomic mass is 10.2. The number of carbonyl (C=O) groups excluding carboxylic acids is 3. The minimum Gasteiger partial charge on any atom is -0.462 e. The molecule has 0 aromatic heterocycles. The normalized spacial score (nSPS) is 16.6. The Labute approximate surface area is 192 Å². The number of anilines is 1. The second kappa shape index (κ2) is 11.0. The van der Waals surface area contributed by atoms with Crippen molar-refractivity contribution in [3.8, 4) is 0 Å². The molecule has 0 bridgehead atoms. The van der Waals surface area contributed by atoms with Crippen LogP contribution in [0.5, 0.6) is 0 Å². The average molecular weight is 469 g/mol. The van der Waals surface area contributed by atoms with Crippen molar-refractivity contribution >= 4 is 52.3 Å². The Hall–Kier alpha value is -4.06. The highest BCUT2D eigenvalue weighted by atomic mass is 32.2. The molecular weight excluding hydrogens is 450 g/mol. The number of nitro groups is 1. The molecule has 170 valence electrons. The van der Waals surface area contributed by atoms with Crippen molar-refractivity contribution in [2.24, 2.45) is 10.2 Å². The highest BCUT2D eigenvalue weighted by Gasteiger charge is 2.32. The van der Waals surface area contributed by atoms with E-state index in [0.717, 1.165) is 11.8 Å².